The Bertz CT molecular complexity index is 472. The first-order chi connectivity index (χ1) is 10.3. The lowest BCUT2D eigenvalue weighted by Crippen LogP contribution is -2.61. The minimum Gasteiger partial charge on any atom is -0.396 e. The highest BCUT2D eigenvalue weighted by Gasteiger charge is 2.68. The van der Waals surface area contributed by atoms with Gasteiger partial charge in [0.1, 0.15) is 0 Å². The molecule has 0 radical (unpaired) electrons. The maximum absolute atomic E-state index is 10.9. The van der Waals surface area contributed by atoms with Crippen molar-refractivity contribution in [3.8, 4) is 0 Å². The van der Waals surface area contributed by atoms with E-state index in [9.17, 15) is 10.2 Å². The zero-order valence-electron chi connectivity index (χ0n) is 14.7. The first-order valence-electron chi connectivity index (χ1n) is 9.61. The highest BCUT2D eigenvalue weighted by molar-refractivity contribution is 5.17. The molecule has 2 bridgehead atoms. The largest absolute Gasteiger partial charge is 0.396 e. The SMILES string of the molecule is C[C@@]1(CO)CCC[C@@]2(C)[C@@H]1CC[C@H]1C[C@@](C)(O)[C@@H]3CC[C@@]12C3. The van der Waals surface area contributed by atoms with Gasteiger partial charge >= 0.3 is 0 Å². The predicted molar refractivity (Wildman–Crippen MR) is 88.4 cm³/mol. The molecule has 2 heteroatoms. The van der Waals surface area contributed by atoms with Gasteiger partial charge in [-0.05, 0) is 92.3 Å². The van der Waals surface area contributed by atoms with Crippen LogP contribution in [0.5, 0.6) is 0 Å². The lowest BCUT2D eigenvalue weighted by molar-refractivity contribution is -0.201. The lowest BCUT2D eigenvalue weighted by Gasteiger charge is -2.67. The van der Waals surface area contributed by atoms with Gasteiger partial charge < -0.3 is 10.2 Å². The van der Waals surface area contributed by atoms with E-state index in [0.717, 1.165) is 6.42 Å². The minimum atomic E-state index is -0.428. The van der Waals surface area contributed by atoms with E-state index in [4.69, 9.17) is 0 Å². The van der Waals surface area contributed by atoms with E-state index >= 15 is 0 Å². The van der Waals surface area contributed by atoms with Gasteiger partial charge in [0.2, 0.25) is 0 Å². The van der Waals surface area contributed by atoms with Gasteiger partial charge in [0.15, 0.2) is 0 Å². The molecule has 0 aromatic rings. The van der Waals surface area contributed by atoms with Crippen LogP contribution in [-0.4, -0.2) is 22.4 Å². The average molecular weight is 306 g/mol. The molecule has 4 aliphatic rings. The van der Waals surface area contributed by atoms with Crippen molar-refractivity contribution >= 4 is 0 Å². The molecule has 0 aromatic carbocycles. The summed E-state index contributed by atoms with van der Waals surface area (Å²) in [5, 5.41) is 21.0. The van der Waals surface area contributed by atoms with E-state index in [0.29, 0.717) is 35.2 Å². The first-order valence-corrected chi connectivity index (χ1v) is 9.61. The summed E-state index contributed by atoms with van der Waals surface area (Å²) in [6.45, 7) is 7.37. The Hall–Kier alpha value is -0.0800. The molecule has 4 aliphatic carbocycles. The standard InChI is InChI=1S/C20H34O2/c1-17(13-21)8-4-9-18(2)16(17)6-5-15-11-19(3,22)14-7-10-20(15,18)12-14/h14-16,21-22H,4-13H2,1-3H3/t14-,15+,16-,17+,18+,19-,20-/m1/s1. The summed E-state index contributed by atoms with van der Waals surface area (Å²) < 4.78 is 0. The van der Waals surface area contributed by atoms with Crippen molar-refractivity contribution in [1.82, 2.24) is 0 Å². The van der Waals surface area contributed by atoms with Crippen molar-refractivity contribution in [3.05, 3.63) is 0 Å². The third-order valence-electron chi connectivity index (χ3n) is 9.23. The Balaban J connectivity index is 1.76. The Kier molecular flexibility index (Phi) is 3.16. The number of aliphatic hydroxyl groups is 2. The highest BCUT2D eigenvalue weighted by Crippen LogP contribution is 2.74. The summed E-state index contributed by atoms with van der Waals surface area (Å²) in [5.41, 5.74) is 0.546. The van der Waals surface area contributed by atoms with Gasteiger partial charge in [-0.2, -0.15) is 0 Å². The maximum atomic E-state index is 10.9. The van der Waals surface area contributed by atoms with Gasteiger partial charge in [-0.1, -0.05) is 20.3 Å². The fourth-order valence-corrected chi connectivity index (χ4v) is 8.00. The third kappa shape index (κ3) is 1.69. The van der Waals surface area contributed by atoms with E-state index in [1.54, 1.807) is 0 Å². The van der Waals surface area contributed by atoms with Crippen LogP contribution >= 0.6 is 0 Å². The number of hydrogen-bond acceptors (Lipinski definition) is 2. The van der Waals surface area contributed by atoms with Crippen LogP contribution in [0.1, 0.15) is 78.6 Å². The van der Waals surface area contributed by atoms with Gasteiger partial charge in [0.25, 0.3) is 0 Å². The molecule has 7 atom stereocenters. The first kappa shape index (κ1) is 15.4. The normalized spacial score (nSPS) is 60.7. The Labute approximate surface area is 135 Å². The van der Waals surface area contributed by atoms with Crippen molar-refractivity contribution < 1.29 is 10.2 Å². The van der Waals surface area contributed by atoms with Crippen LogP contribution in [0.15, 0.2) is 0 Å². The van der Waals surface area contributed by atoms with E-state index in [1.165, 1.54) is 51.4 Å². The summed E-state index contributed by atoms with van der Waals surface area (Å²) in [6, 6.07) is 0. The zero-order chi connectivity index (χ0) is 15.8. The lowest BCUT2D eigenvalue weighted by atomic mass is 9.38. The number of aliphatic hydroxyl groups excluding tert-OH is 1. The maximum Gasteiger partial charge on any atom is 0.0650 e. The molecule has 2 nitrogen and oxygen atoms in total. The summed E-state index contributed by atoms with van der Waals surface area (Å²) in [6.07, 6.45) is 11.2. The molecule has 22 heavy (non-hydrogen) atoms. The van der Waals surface area contributed by atoms with Gasteiger partial charge in [0.05, 0.1) is 5.60 Å². The number of hydrogen-bond donors (Lipinski definition) is 2. The molecule has 0 heterocycles. The molecule has 4 saturated carbocycles. The molecule has 0 aliphatic heterocycles. The average Bonchev–Trinajstić information content (AvgIpc) is 2.87. The fraction of sp³-hybridized carbons (Fsp3) is 1.00. The second kappa shape index (κ2) is 4.51. The van der Waals surface area contributed by atoms with Crippen molar-refractivity contribution in [2.75, 3.05) is 6.61 Å². The fourth-order valence-electron chi connectivity index (χ4n) is 8.00. The number of fused-ring (bicyclic) bond motifs is 2. The van der Waals surface area contributed by atoms with Crippen LogP contribution in [0.2, 0.25) is 0 Å². The van der Waals surface area contributed by atoms with Crippen molar-refractivity contribution in [2.45, 2.75) is 84.2 Å². The summed E-state index contributed by atoms with van der Waals surface area (Å²) in [7, 11) is 0. The minimum absolute atomic E-state index is 0.130. The quantitative estimate of drug-likeness (QED) is 0.764. The van der Waals surface area contributed by atoms with Crippen LogP contribution in [0.4, 0.5) is 0 Å². The molecule has 4 fully saturated rings. The van der Waals surface area contributed by atoms with Crippen molar-refractivity contribution in [3.63, 3.8) is 0 Å². The van der Waals surface area contributed by atoms with Gasteiger partial charge in [-0.25, -0.2) is 0 Å². The molecule has 2 N–H and O–H groups in total. The van der Waals surface area contributed by atoms with Crippen LogP contribution in [-0.2, 0) is 0 Å². The summed E-state index contributed by atoms with van der Waals surface area (Å²) in [4.78, 5) is 0. The number of rotatable bonds is 1. The molecule has 1 spiro atoms. The molecule has 0 amide bonds. The van der Waals surface area contributed by atoms with Crippen LogP contribution in [0.25, 0.3) is 0 Å². The van der Waals surface area contributed by atoms with E-state index in [-0.39, 0.29) is 5.41 Å². The molecule has 0 saturated heterocycles. The second-order valence-electron chi connectivity index (χ2n) is 10.1. The van der Waals surface area contributed by atoms with Gasteiger partial charge in [-0.15, -0.1) is 0 Å². The third-order valence-corrected chi connectivity index (χ3v) is 9.23. The smallest absolute Gasteiger partial charge is 0.0650 e. The highest BCUT2D eigenvalue weighted by atomic mass is 16.3. The summed E-state index contributed by atoms with van der Waals surface area (Å²) >= 11 is 0. The molecule has 126 valence electrons. The molecule has 0 aromatic heterocycles. The molecule has 0 unspecified atom stereocenters. The molecular formula is C20H34O2. The Morgan fingerprint density at radius 3 is 2.41 bits per heavy atom. The molecule has 4 rings (SSSR count). The second-order valence-corrected chi connectivity index (χ2v) is 10.1. The zero-order valence-corrected chi connectivity index (χ0v) is 14.7. The monoisotopic (exact) mass is 306 g/mol. The van der Waals surface area contributed by atoms with E-state index < -0.39 is 5.60 Å². The Morgan fingerprint density at radius 1 is 0.909 bits per heavy atom. The Morgan fingerprint density at radius 2 is 1.68 bits per heavy atom. The van der Waals surface area contributed by atoms with Crippen molar-refractivity contribution in [1.29, 1.82) is 0 Å². The van der Waals surface area contributed by atoms with E-state index in [2.05, 4.69) is 20.8 Å². The topological polar surface area (TPSA) is 40.5 Å². The predicted octanol–water partition coefficient (Wildman–Crippen LogP) is 4.14. The van der Waals surface area contributed by atoms with Gasteiger partial charge in [-0.3, -0.25) is 0 Å². The van der Waals surface area contributed by atoms with Crippen LogP contribution in [0, 0.1) is 34.0 Å². The summed E-state index contributed by atoms with van der Waals surface area (Å²) in [5.74, 6) is 1.90. The van der Waals surface area contributed by atoms with E-state index in [1.807, 2.05) is 0 Å². The van der Waals surface area contributed by atoms with Crippen molar-refractivity contribution in [2.24, 2.45) is 34.0 Å². The van der Waals surface area contributed by atoms with Crippen LogP contribution in [0.3, 0.4) is 0 Å². The van der Waals surface area contributed by atoms with Crippen LogP contribution < -0.4 is 0 Å². The van der Waals surface area contributed by atoms with Gasteiger partial charge in [0, 0.05) is 6.61 Å². The molecular weight excluding hydrogens is 272 g/mol.